The fraction of sp³-hybridized carbons (Fsp3) is 0.167. The van der Waals surface area contributed by atoms with Crippen molar-refractivity contribution in [3.8, 4) is 17.1 Å². The molecule has 0 radical (unpaired) electrons. The van der Waals surface area contributed by atoms with Crippen LogP contribution in [0, 0.1) is 4.64 Å². The number of nitrogens with one attached hydrogen (secondary N) is 1. The number of hydrogen-bond acceptors (Lipinski definition) is 4. The first-order valence-corrected chi connectivity index (χ1v) is 6.83. The molecule has 0 atom stereocenters. The normalized spacial score (nSPS) is 10.9. The summed E-state index contributed by atoms with van der Waals surface area (Å²) in [4.78, 5) is 1.51. The highest BCUT2D eigenvalue weighted by atomic mass is 35.5. The summed E-state index contributed by atoms with van der Waals surface area (Å²) in [5, 5.41) is 15.9. The second kappa shape index (κ2) is 5.18. The summed E-state index contributed by atoms with van der Waals surface area (Å²) in [5.41, 5.74) is 1.51. The number of H-pyrrole nitrogens is 1. The van der Waals surface area contributed by atoms with Gasteiger partial charge >= 0.3 is 0 Å². The van der Waals surface area contributed by atoms with Gasteiger partial charge in [0.25, 0.3) is 0 Å². The van der Waals surface area contributed by atoms with Gasteiger partial charge in [0, 0.05) is 6.20 Å². The number of aromatic nitrogens is 6. The second-order valence-corrected chi connectivity index (χ2v) is 4.87. The molecule has 0 aliphatic rings. The van der Waals surface area contributed by atoms with Gasteiger partial charge in [0.1, 0.15) is 4.64 Å². The third-order valence-electron chi connectivity index (χ3n) is 2.84. The fourth-order valence-corrected chi connectivity index (χ4v) is 2.35. The third-order valence-corrected chi connectivity index (χ3v) is 3.56. The van der Waals surface area contributed by atoms with Crippen molar-refractivity contribution in [2.45, 2.75) is 13.5 Å². The number of halogens is 1. The summed E-state index contributed by atoms with van der Waals surface area (Å²) in [7, 11) is 0. The molecule has 0 unspecified atom stereocenters. The Hall–Kier alpha value is -1.99. The van der Waals surface area contributed by atoms with Crippen LogP contribution in [0.2, 0.25) is 5.02 Å². The van der Waals surface area contributed by atoms with Crippen LogP contribution in [-0.2, 0) is 6.54 Å². The molecule has 0 spiro atoms. The topological polar surface area (TPSA) is 64.3 Å². The summed E-state index contributed by atoms with van der Waals surface area (Å²) >= 11 is 11.6. The Labute approximate surface area is 125 Å². The van der Waals surface area contributed by atoms with Crippen molar-refractivity contribution in [3.05, 3.63) is 40.1 Å². The van der Waals surface area contributed by atoms with Gasteiger partial charge in [-0.3, -0.25) is 5.10 Å². The standard InChI is InChI=1S/C12H11ClN6S/c1-2-18-16-11(15-17-18)8-7-14-19(12(8)20)10-6-4-3-5-9(10)13/h3-7,14H,2H2,1H3. The summed E-state index contributed by atoms with van der Waals surface area (Å²) in [5.74, 6) is 0.499. The smallest absolute Gasteiger partial charge is 0.209 e. The molecule has 1 N–H and O–H groups in total. The van der Waals surface area contributed by atoms with Crippen LogP contribution in [0.5, 0.6) is 0 Å². The first kappa shape index (κ1) is 13.0. The molecule has 102 valence electrons. The Bertz CT molecular complexity index is 802. The Balaban J connectivity index is 2.10. The van der Waals surface area contributed by atoms with E-state index in [-0.39, 0.29) is 0 Å². The van der Waals surface area contributed by atoms with E-state index in [2.05, 4.69) is 20.5 Å². The molecular weight excluding hydrogens is 296 g/mol. The molecule has 2 heterocycles. The monoisotopic (exact) mass is 306 g/mol. The fourth-order valence-electron chi connectivity index (χ4n) is 1.83. The average molecular weight is 307 g/mol. The molecule has 1 aromatic carbocycles. The van der Waals surface area contributed by atoms with Gasteiger partial charge in [0.15, 0.2) is 0 Å². The lowest BCUT2D eigenvalue weighted by Gasteiger charge is -2.04. The lowest BCUT2D eigenvalue weighted by Crippen LogP contribution is -1.98. The van der Waals surface area contributed by atoms with Crippen molar-refractivity contribution in [2.75, 3.05) is 0 Å². The van der Waals surface area contributed by atoms with Crippen molar-refractivity contribution < 1.29 is 0 Å². The molecule has 0 bridgehead atoms. The first-order chi connectivity index (χ1) is 9.70. The molecule has 0 saturated heterocycles. The zero-order valence-electron chi connectivity index (χ0n) is 10.6. The van der Waals surface area contributed by atoms with Crippen molar-refractivity contribution in [1.29, 1.82) is 0 Å². The maximum atomic E-state index is 6.18. The largest absolute Gasteiger partial charge is 0.299 e. The third kappa shape index (κ3) is 2.14. The number of hydrogen-bond donors (Lipinski definition) is 1. The Kier molecular flexibility index (Phi) is 3.37. The molecule has 0 aliphatic carbocycles. The maximum Gasteiger partial charge on any atom is 0.209 e. The zero-order chi connectivity index (χ0) is 14.1. The van der Waals surface area contributed by atoms with Gasteiger partial charge in [-0.05, 0) is 24.3 Å². The summed E-state index contributed by atoms with van der Waals surface area (Å²) < 4.78 is 2.29. The number of rotatable bonds is 3. The van der Waals surface area contributed by atoms with Gasteiger partial charge in [-0.25, -0.2) is 4.68 Å². The molecule has 20 heavy (non-hydrogen) atoms. The van der Waals surface area contributed by atoms with Crippen LogP contribution in [0.3, 0.4) is 0 Å². The van der Waals surface area contributed by atoms with Crippen LogP contribution >= 0.6 is 23.8 Å². The van der Waals surface area contributed by atoms with Crippen LogP contribution in [0.15, 0.2) is 30.5 Å². The maximum absolute atomic E-state index is 6.18. The van der Waals surface area contributed by atoms with Gasteiger partial charge in [0.05, 0.1) is 22.8 Å². The van der Waals surface area contributed by atoms with Crippen molar-refractivity contribution in [3.63, 3.8) is 0 Å². The van der Waals surface area contributed by atoms with E-state index in [1.54, 1.807) is 10.9 Å². The highest BCUT2D eigenvalue weighted by Gasteiger charge is 2.13. The van der Waals surface area contributed by atoms with E-state index in [0.29, 0.717) is 22.0 Å². The van der Waals surface area contributed by atoms with Gasteiger partial charge in [-0.15, -0.1) is 10.2 Å². The van der Waals surface area contributed by atoms with Gasteiger partial charge in [-0.1, -0.05) is 36.0 Å². The minimum absolute atomic E-state index is 0.499. The SMILES string of the molecule is CCn1nnc(-c2c[nH]n(-c3ccccc3Cl)c2=S)n1. The summed E-state index contributed by atoms with van der Waals surface area (Å²) in [6.45, 7) is 2.61. The summed E-state index contributed by atoms with van der Waals surface area (Å²) in [6.07, 6.45) is 1.75. The molecule has 0 aliphatic heterocycles. The van der Waals surface area contributed by atoms with E-state index in [0.717, 1.165) is 11.3 Å². The van der Waals surface area contributed by atoms with Gasteiger partial charge < -0.3 is 0 Å². The highest BCUT2D eigenvalue weighted by molar-refractivity contribution is 7.71. The van der Waals surface area contributed by atoms with Crippen molar-refractivity contribution >= 4 is 23.8 Å². The van der Waals surface area contributed by atoms with Crippen molar-refractivity contribution in [1.82, 2.24) is 30.0 Å². The molecule has 0 amide bonds. The lowest BCUT2D eigenvalue weighted by molar-refractivity contribution is 0.553. The van der Waals surface area contributed by atoms with Crippen LogP contribution in [0.25, 0.3) is 17.1 Å². The van der Waals surface area contributed by atoms with E-state index in [4.69, 9.17) is 23.8 Å². The molecule has 2 aromatic heterocycles. The van der Waals surface area contributed by atoms with Crippen LogP contribution in [0.1, 0.15) is 6.92 Å². The second-order valence-electron chi connectivity index (χ2n) is 4.08. The number of aryl methyl sites for hydroxylation is 1. The van der Waals surface area contributed by atoms with Gasteiger partial charge in [0.2, 0.25) is 5.82 Å². The average Bonchev–Trinajstić information content (AvgIpc) is 3.06. The van der Waals surface area contributed by atoms with E-state index in [1.165, 1.54) is 4.80 Å². The van der Waals surface area contributed by atoms with E-state index in [9.17, 15) is 0 Å². The molecule has 8 heteroatoms. The van der Waals surface area contributed by atoms with Gasteiger partial charge in [-0.2, -0.15) is 4.80 Å². The number of nitrogens with zero attached hydrogens (tertiary/aromatic N) is 5. The highest BCUT2D eigenvalue weighted by Crippen LogP contribution is 2.23. The first-order valence-electron chi connectivity index (χ1n) is 6.04. The van der Waals surface area contributed by atoms with E-state index >= 15 is 0 Å². The predicted molar refractivity (Wildman–Crippen MR) is 78.4 cm³/mol. The molecule has 0 fully saturated rings. The van der Waals surface area contributed by atoms with Crippen molar-refractivity contribution in [2.24, 2.45) is 0 Å². The Morgan fingerprint density at radius 2 is 2.15 bits per heavy atom. The molecule has 3 aromatic rings. The Morgan fingerprint density at radius 1 is 1.35 bits per heavy atom. The number of aromatic amines is 1. The summed E-state index contributed by atoms with van der Waals surface area (Å²) in [6, 6.07) is 7.46. The van der Waals surface area contributed by atoms with Crippen LogP contribution < -0.4 is 0 Å². The molecular formula is C12H11ClN6S. The van der Waals surface area contributed by atoms with Crippen LogP contribution in [0.4, 0.5) is 0 Å². The minimum Gasteiger partial charge on any atom is -0.299 e. The molecule has 3 rings (SSSR count). The minimum atomic E-state index is 0.499. The van der Waals surface area contributed by atoms with E-state index in [1.807, 2.05) is 31.2 Å². The lowest BCUT2D eigenvalue weighted by atomic mass is 10.3. The number of para-hydroxylation sites is 1. The number of benzene rings is 1. The predicted octanol–water partition coefficient (Wildman–Crippen LogP) is 2.86. The zero-order valence-corrected chi connectivity index (χ0v) is 12.2. The quantitative estimate of drug-likeness (QED) is 0.756. The molecule has 0 saturated carbocycles. The van der Waals surface area contributed by atoms with Crippen LogP contribution in [-0.4, -0.2) is 30.0 Å². The Morgan fingerprint density at radius 3 is 2.85 bits per heavy atom. The number of tetrazole rings is 1. The van der Waals surface area contributed by atoms with E-state index < -0.39 is 0 Å². The molecule has 6 nitrogen and oxygen atoms in total.